The van der Waals surface area contributed by atoms with E-state index in [1.54, 1.807) is 0 Å². The van der Waals surface area contributed by atoms with Gasteiger partial charge >= 0.3 is 12.1 Å². The van der Waals surface area contributed by atoms with E-state index in [1.807, 2.05) is 0 Å². The predicted molar refractivity (Wildman–Crippen MR) is 49.8 cm³/mol. The molecule has 1 aromatic heterocycles. The summed E-state index contributed by atoms with van der Waals surface area (Å²) in [6.45, 7) is -0.607. The smallest absolute Gasteiger partial charge is 0.455 e. The zero-order valence-corrected chi connectivity index (χ0v) is 8.99. The quantitative estimate of drug-likeness (QED) is 0.836. The van der Waals surface area contributed by atoms with Gasteiger partial charge in [-0.15, -0.1) is 12.4 Å². The monoisotopic (exact) mass is 281 g/mol. The van der Waals surface area contributed by atoms with Gasteiger partial charge in [0.25, 0.3) is 0 Å². The zero-order chi connectivity index (χ0) is 12.6. The highest BCUT2D eigenvalue weighted by Crippen LogP contribution is 2.43. The first-order chi connectivity index (χ1) is 7.20. The van der Waals surface area contributed by atoms with Crippen molar-refractivity contribution < 1.29 is 31.5 Å². The predicted octanol–water partition coefficient (Wildman–Crippen LogP) is 2.39. The van der Waals surface area contributed by atoms with Crippen molar-refractivity contribution in [2.75, 3.05) is 0 Å². The van der Waals surface area contributed by atoms with Gasteiger partial charge in [0.05, 0.1) is 0 Å². The number of nitrogens with two attached hydrogens (primary N) is 1. The summed E-state index contributed by atoms with van der Waals surface area (Å²) in [7, 11) is 0. The highest BCUT2D eigenvalue weighted by atomic mass is 35.5. The van der Waals surface area contributed by atoms with Crippen LogP contribution < -0.4 is 5.73 Å². The highest BCUT2D eigenvalue weighted by Gasteiger charge is 2.62. The van der Waals surface area contributed by atoms with Crippen molar-refractivity contribution >= 4 is 12.4 Å². The molecule has 3 nitrogen and oxygen atoms in total. The van der Waals surface area contributed by atoms with E-state index in [1.165, 1.54) is 0 Å². The molecule has 0 saturated heterocycles. The maximum atomic E-state index is 12.8. The summed E-state index contributed by atoms with van der Waals surface area (Å²) < 4.78 is 65.8. The standard InChI is InChI=1S/C8H8F5NO2.ClH/c9-7(10,8(11,12)13)6(14)5-2-1-4(3-15)16-5;/h1-2,6,15H,3,14H2;1H/t6-;/m1./s1. The van der Waals surface area contributed by atoms with Gasteiger partial charge < -0.3 is 15.3 Å². The lowest BCUT2D eigenvalue weighted by molar-refractivity contribution is -0.292. The van der Waals surface area contributed by atoms with Crippen molar-refractivity contribution in [2.45, 2.75) is 24.7 Å². The molecule has 100 valence electrons. The fraction of sp³-hybridized carbons (Fsp3) is 0.500. The molecule has 3 N–H and O–H groups in total. The van der Waals surface area contributed by atoms with Crippen LogP contribution in [0.25, 0.3) is 0 Å². The van der Waals surface area contributed by atoms with Crippen LogP contribution in [0.1, 0.15) is 17.6 Å². The van der Waals surface area contributed by atoms with Crippen molar-refractivity contribution in [1.82, 2.24) is 0 Å². The molecule has 1 aromatic rings. The second-order valence-corrected chi connectivity index (χ2v) is 3.06. The van der Waals surface area contributed by atoms with Crippen molar-refractivity contribution in [3.8, 4) is 0 Å². The summed E-state index contributed by atoms with van der Waals surface area (Å²) in [4.78, 5) is 0. The third-order valence-electron chi connectivity index (χ3n) is 1.91. The number of aliphatic hydroxyl groups excluding tert-OH is 1. The number of hydrogen-bond donors (Lipinski definition) is 2. The Kier molecular flexibility index (Phi) is 4.93. The summed E-state index contributed by atoms with van der Waals surface area (Å²) in [6.07, 6.45) is -5.75. The SMILES string of the molecule is Cl.N[C@H](c1ccc(CO)o1)C(F)(F)C(F)(F)F. The van der Waals surface area contributed by atoms with Crippen LogP contribution >= 0.6 is 12.4 Å². The minimum Gasteiger partial charge on any atom is -0.462 e. The van der Waals surface area contributed by atoms with Crippen molar-refractivity contribution in [2.24, 2.45) is 5.73 Å². The van der Waals surface area contributed by atoms with Crippen LogP contribution in [0, 0.1) is 0 Å². The van der Waals surface area contributed by atoms with Gasteiger partial charge in [-0.2, -0.15) is 22.0 Å². The van der Waals surface area contributed by atoms with Crippen LogP contribution in [-0.4, -0.2) is 17.2 Å². The van der Waals surface area contributed by atoms with Crippen LogP contribution in [0.2, 0.25) is 0 Å². The summed E-state index contributed by atoms with van der Waals surface area (Å²) >= 11 is 0. The Labute approximate surface area is 98.8 Å². The number of rotatable bonds is 3. The first kappa shape index (κ1) is 16.1. The van der Waals surface area contributed by atoms with Gasteiger partial charge in [-0.05, 0) is 12.1 Å². The Balaban J connectivity index is 0.00000256. The van der Waals surface area contributed by atoms with Crippen molar-refractivity contribution in [1.29, 1.82) is 0 Å². The van der Waals surface area contributed by atoms with E-state index in [9.17, 15) is 22.0 Å². The molecule has 0 saturated carbocycles. The number of hydrogen-bond acceptors (Lipinski definition) is 3. The number of halogens is 6. The lowest BCUT2D eigenvalue weighted by Crippen LogP contribution is -2.45. The molecule has 9 heteroatoms. The summed E-state index contributed by atoms with van der Waals surface area (Å²) in [5.74, 6) is -5.95. The maximum absolute atomic E-state index is 12.8. The minimum atomic E-state index is -5.75. The van der Waals surface area contributed by atoms with Gasteiger partial charge in [0.15, 0.2) is 0 Å². The molecule has 0 fully saturated rings. The molecule has 0 aliphatic heterocycles. The number of alkyl halides is 5. The fourth-order valence-electron chi connectivity index (χ4n) is 1.00. The molecule has 0 aromatic carbocycles. The minimum absolute atomic E-state index is 0. The topological polar surface area (TPSA) is 59.4 Å². The van der Waals surface area contributed by atoms with E-state index in [0.717, 1.165) is 12.1 Å². The zero-order valence-electron chi connectivity index (χ0n) is 8.17. The second kappa shape index (κ2) is 5.19. The van der Waals surface area contributed by atoms with Gasteiger partial charge in [0.1, 0.15) is 24.2 Å². The average Bonchev–Trinajstić information content (AvgIpc) is 2.62. The van der Waals surface area contributed by atoms with Crippen LogP contribution in [-0.2, 0) is 6.61 Å². The molecule has 0 aliphatic rings. The van der Waals surface area contributed by atoms with Crippen LogP contribution in [0.4, 0.5) is 22.0 Å². The lowest BCUT2D eigenvalue weighted by atomic mass is 10.1. The first-order valence-corrected chi connectivity index (χ1v) is 4.09. The maximum Gasteiger partial charge on any atom is 0.455 e. The Morgan fingerprint density at radius 1 is 1.24 bits per heavy atom. The second-order valence-electron chi connectivity index (χ2n) is 3.06. The van der Waals surface area contributed by atoms with Crippen LogP contribution in [0.3, 0.4) is 0 Å². The van der Waals surface area contributed by atoms with E-state index in [-0.39, 0.29) is 18.2 Å². The molecule has 1 atom stereocenters. The molecule has 0 amide bonds. The summed E-state index contributed by atoms with van der Waals surface area (Å²) in [5, 5.41) is 8.55. The molecular weight excluding hydrogens is 273 g/mol. The summed E-state index contributed by atoms with van der Waals surface area (Å²) in [6, 6.07) is -0.690. The van der Waals surface area contributed by atoms with Crippen molar-refractivity contribution in [3.05, 3.63) is 23.7 Å². The molecule has 0 bridgehead atoms. The Hall–Kier alpha value is -0.860. The van der Waals surface area contributed by atoms with Gasteiger partial charge in [0, 0.05) is 0 Å². The molecule has 1 heterocycles. The van der Waals surface area contributed by atoms with Crippen LogP contribution in [0.5, 0.6) is 0 Å². The molecule has 1 rings (SSSR count). The van der Waals surface area contributed by atoms with Gasteiger partial charge in [-0.1, -0.05) is 0 Å². The Bertz CT molecular complexity index is 365. The molecular formula is C8H9ClF5NO2. The van der Waals surface area contributed by atoms with E-state index in [0.29, 0.717) is 0 Å². The Morgan fingerprint density at radius 2 is 1.76 bits per heavy atom. The van der Waals surface area contributed by atoms with Gasteiger partial charge in [0.2, 0.25) is 0 Å². The van der Waals surface area contributed by atoms with E-state index in [2.05, 4.69) is 4.42 Å². The third-order valence-corrected chi connectivity index (χ3v) is 1.91. The lowest BCUT2D eigenvalue weighted by Gasteiger charge is -2.24. The third kappa shape index (κ3) is 3.08. The molecule has 17 heavy (non-hydrogen) atoms. The normalized spacial score (nSPS) is 14.3. The van der Waals surface area contributed by atoms with Gasteiger partial charge in [-0.3, -0.25) is 0 Å². The Morgan fingerprint density at radius 3 is 2.12 bits per heavy atom. The fourth-order valence-corrected chi connectivity index (χ4v) is 1.00. The van der Waals surface area contributed by atoms with Gasteiger partial charge in [-0.25, -0.2) is 0 Å². The molecule has 0 spiro atoms. The number of furan rings is 1. The number of aliphatic hydroxyl groups is 1. The summed E-state index contributed by atoms with van der Waals surface area (Å²) in [5.41, 5.74) is 4.78. The molecule has 0 unspecified atom stereocenters. The van der Waals surface area contributed by atoms with E-state index in [4.69, 9.17) is 10.8 Å². The highest BCUT2D eigenvalue weighted by molar-refractivity contribution is 5.85. The molecule has 0 aliphatic carbocycles. The first-order valence-electron chi connectivity index (χ1n) is 4.09. The van der Waals surface area contributed by atoms with E-state index >= 15 is 0 Å². The largest absolute Gasteiger partial charge is 0.462 e. The average molecular weight is 282 g/mol. The molecule has 0 radical (unpaired) electrons. The van der Waals surface area contributed by atoms with E-state index < -0.39 is 30.5 Å². The van der Waals surface area contributed by atoms with Crippen LogP contribution in [0.15, 0.2) is 16.5 Å². The van der Waals surface area contributed by atoms with Crippen molar-refractivity contribution in [3.63, 3.8) is 0 Å².